The molecule has 1 saturated heterocycles. The molecule has 6 heteroatoms. The number of aliphatic hydroxyl groups excluding tert-OH is 1. The van der Waals surface area contributed by atoms with Gasteiger partial charge in [0, 0.05) is 19.1 Å². The van der Waals surface area contributed by atoms with Gasteiger partial charge in [-0.2, -0.15) is 4.31 Å². The van der Waals surface area contributed by atoms with Crippen LogP contribution in [0.1, 0.15) is 24.5 Å². The molecule has 1 aromatic carbocycles. The van der Waals surface area contributed by atoms with Gasteiger partial charge >= 0.3 is 0 Å². The number of hydrogen-bond acceptors (Lipinski definition) is 4. The van der Waals surface area contributed by atoms with Crippen molar-refractivity contribution in [1.82, 2.24) is 9.21 Å². The summed E-state index contributed by atoms with van der Waals surface area (Å²) < 4.78 is 27.5. The maximum Gasteiger partial charge on any atom is 0.243 e. The molecule has 0 bridgehead atoms. The predicted octanol–water partition coefficient (Wildman–Crippen LogP) is 1.20. The minimum Gasteiger partial charge on any atom is -0.392 e. The average Bonchev–Trinajstić information content (AvgIpc) is 2.59. The summed E-state index contributed by atoms with van der Waals surface area (Å²) in [5.74, 6) is 0. The Hall–Kier alpha value is -0.950. The Labute approximate surface area is 127 Å². The highest BCUT2D eigenvalue weighted by molar-refractivity contribution is 7.89. The summed E-state index contributed by atoms with van der Waals surface area (Å²) in [5.41, 5.74) is 1.31. The molecule has 1 heterocycles. The van der Waals surface area contributed by atoms with Gasteiger partial charge in [0.15, 0.2) is 0 Å². The van der Waals surface area contributed by atoms with Crippen LogP contribution in [-0.2, 0) is 16.6 Å². The summed E-state index contributed by atoms with van der Waals surface area (Å²) in [5, 5.41) is 9.34. The fourth-order valence-corrected chi connectivity index (χ4v) is 4.88. The van der Waals surface area contributed by atoms with E-state index < -0.39 is 10.0 Å². The maximum absolute atomic E-state index is 13.0. The summed E-state index contributed by atoms with van der Waals surface area (Å²) in [6.07, 6.45) is 0.832. The third-order valence-electron chi connectivity index (χ3n) is 4.14. The van der Waals surface area contributed by atoms with Crippen LogP contribution in [0.15, 0.2) is 23.1 Å². The van der Waals surface area contributed by atoms with Crippen molar-refractivity contribution < 1.29 is 13.5 Å². The fourth-order valence-electron chi connectivity index (χ4n) is 2.94. The van der Waals surface area contributed by atoms with Gasteiger partial charge in [0.25, 0.3) is 0 Å². The molecule has 1 atom stereocenters. The molecule has 0 amide bonds. The molecule has 0 spiro atoms. The lowest BCUT2D eigenvalue weighted by Crippen LogP contribution is -2.42. The minimum absolute atomic E-state index is 0.0558. The van der Waals surface area contributed by atoms with Gasteiger partial charge in [-0.05, 0) is 51.1 Å². The van der Waals surface area contributed by atoms with Gasteiger partial charge in [0.1, 0.15) is 0 Å². The van der Waals surface area contributed by atoms with Crippen LogP contribution >= 0.6 is 0 Å². The van der Waals surface area contributed by atoms with Gasteiger partial charge in [-0.1, -0.05) is 12.1 Å². The van der Waals surface area contributed by atoms with Crippen LogP contribution in [-0.4, -0.2) is 55.5 Å². The van der Waals surface area contributed by atoms with E-state index in [1.54, 1.807) is 29.4 Å². The van der Waals surface area contributed by atoms with E-state index >= 15 is 0 Å². The Balaban J connectivity index is 2.42. The molecule has 5 nitrogen and oxygen atoms in total. The molecule has 1 N–H and O–H groups in total. The second kappa shape index (κ2) is 6.44. The van der Waals surface area contributed by atoms with Crippen molar-refractivity contribution >= 4 is 10.0 Å². The van der Waals surface area contributed by atoms with Gasteiger partial charge in [0.05, 0.1) is 11.5 Å². The van der Waals surface area contributed by atoms with E-state index in [9.17, 15) is 13.5 Å². The van der Waals surface area contributed by atoms with Gasteiger partial charge < -0.3 is 10.0 Å². The normalized spacial score (nSPS) is 22.2. The molecule has 118 valence electrons. The summed E-state index contributed by atoms with van der Waals surface area (Å²) in [4.78, 5) is 2.47. The molecule has 1 aromatic rings. The standard InChI is InChI=1S/C15H24N2O3S/c1-12-10-16(3)8-5-9-17(12)21(19,20)15-7-4-6-14(11-18)13(15)2/h4,6-7,12,18H,5,8-11H2,1-3H3. The SMILES string of the molecule is Cc1c(CO)cccc1S(=O)(=O)N1CCCN(C)CC1C. The zero-order chi connectivity index (χ0) is 15.6. The Morgan fingerprint density at radius 1 is 1.33 bits per heavy atom. The summed E-state index contributed by atoms with van der Waals surface area (Å²) in [6.45, 7) is 5.74. The van der Waals surface area contributed by atoms with Crippen molar-refractivity contribution in [1.29, 1.82) is 0 Å². The van der Waals surface area contributed by atoms with Crippen LogP contribution in [0.3, 0.4) is 0 Å². The largest absolute Gasteiger partial charge is 0.392 e. The lowest BCUT2D eigenvalue weighted by Gasteiger charge is -2.28. The molecule has 21 heavy (non-hydrogen) atoms. The molecule has 2 rings (SSSR count). The van der Waals surface area contributed by atoms with Crippen molar-refractivity contribution in [3.05, 3.63) is 29.3 Å². The maximum atomic E-state index is 13.0. The third kappa shape index (κ3) is 3.29. The molecular formula is C15H24N2O3S. The average molecular weight is 312 g/mol. The van der Waals surface area contributed by atoms with Crippen LogP contribution in [0.4, 0.5) is 0 Å². The molecule has 0 aliphatic carbocycles. The smallest absolute Gasteiger partial charge is 0.243 e. The topological polar surface area (TPSA) is 60.9 Å². The molecule has 1 aliphatic heterocycles. The number of likely N-dealkylation sites (N-methyl/N-ethyl adjacent to an activating group) is 1. The first kappa shape index (κ1) is 16.4. The molecule has 1 fully saturated rings. The summed E-state index contributed by atoms with van der Waals surface area (Å²) in [6, 6.07) is 5.03. The van der Waals surface area contributed by atoms with Crippen molar-refractivity contribution in [3.63, 3.8) is 0 Å². The highest BCUT2D eigenvalue weighted by Gasteiger charge is 2.32. The Morgan fingerprint density at radius 2 is 2.05 bits per heavy atom. The van der Waals surface area contributed by atoms with Gasteiger partial charge in [-0.25, -0.2) is 8.42 Å². The summed E-state index contributed by atoms with van der Waals surface area (Å²) in [7, 11) is -1.51. The van der Waals surface area contributed by atoms with E-state index in [1.807, 2.05) is 14.0 Å². The number of hydrogen-bond donors (Lipinski definition) is 1. The van der Waals surface area contributed by atoms with Gasteiger partial charge in [-0.15, -0.1) is 0 Å². The van der Waals surface area contributed by atoms with Crippen molar-refractivity contribution in [2.75, 3.05) is 26.7 Å². The highest BCUT2D eigenvalue weighted by atomic mass is 32.2. The van der Waals surface area contributed by atoms with E-state index in [0.717, 1.165) is 19.5 Å². The highest BCUT2D eigenvalue weighted by Crippen LogP contribution is 2.25. The Bertz CT molecular complexity index is 601. The van der Waals surface area contributed by atoms with Crippen molar-refractivity contribution in [3.8, 4) is 0 Å². The zero-order valence-corrected chi connectivity index (χ0v) is 13.7. The summed E-state index contributed by atoms with van der Waals surface area (Å²) >= 11 is 0. The molecule has 0 saturated carbocycles. The fraction of sp³-hybridized carbons (Fsp3) is 0.600. The zero-order valence-electron chi connectivity index (χ0n) is 12.9. The number of sulfonamides is 1. The quantitative estimate of drug-likeness (QED) is 0.911. The molecular weight excluding hydrogens is 288 g/mol. The second-order valence-electron chi connectivity index (χ2n) is 5.78. The first-order chi connectivity index (χ1) is 9.87. The molecule has 0 aromatic heterocycles. The van der Waals surface area contributed by atoms with Crippen LogP contribution in [0.2, 0.25) is 0 Å². The van der Waals surface area contributed by atoms with Crippen LogP contribution in [0, 0.1) is 6.92 Å². The van der Waals surface area contributed by atoms with Crippen molar-refractivity contribution in [2.24, 2.45) is 0 Å². The molecule has 1 unspecified atom stereocenters. The minimum atomic E-state index is -3.53. The second-order valence-corrected chi connectivity index (χ2v) is 7.64. The number of nitrogens with zero attached hydrogens (tertiary/aromatic N) is 2. The lowest BCUT2D eigenvalue weighted by molar-refractivity contribution is 0.280. The lowest BCUT2D eigenvalue weighted by atomic mass is 10.1. The van der Waals surface area contributed by atoms with E-state index in [2.05, 4.69) is 4.90 Å². The van der Waals surface area contributed by atoms with E-state index in [4.69, 9.17) is 0 Å². The van der Waals surface area contributed by atoms with Crippen LogP contribution < -0.4 is 0 Å². The predicted molar refractivity (Wildman–Crippen MR) is 82.6 cm³/mol. The van der Waals surface area contributed by atoms with Crippen LogP contribution in [0.5, 0.6) is 0 Å². The van der Waals surface area contributed by atoms with Gasteiger partial charge in [0.2, 0.25) is 10.0 Å². The number of benzene rings is 1. The van der Waals surface area contributed by atoms with E-state index in [1.165, 1.54) is 0 Å². The first-order valence-corrected chi connectivity index (χ1v) is 8.71. The third-order valence-corrected chi connectivity index (χ3v) is 6.30. The monoisotopic (exact) mass is 312 g/mol. The Kier molecular flexibility index (Phi) is 5.03. The van der Waals surface area contributed by atoms with E-state index in [0.29, 0.717) is 22.6 Å². The molecule has 1 aliphatic rings. The van der Waals surface area contributed by atoms with Crippen molar-refractivity contribution in [2.45, 2.75) is 37.8 Å². The number of aliphatic hydroxyl groups is 1. The van der Waals surface area contributed by atoms with Gasteiger partial charge in [-0.3, -0.25) is 0 Å². The van der Waals surface area contributed by atoms with E-state index in [-0.39, 0.29) is 12.6 Å². The van der Waals surface area contributed by atoms with Crippen LogP contribution in [0.25, 0.3) is 0 Å². The first-order valence-electron chi connectivity index (χ1n) is 7.27. The number of rotatable bonds is 3. The Morgan fingerprint density at radius 3 is 2.71 bits per heavy atom. The molecule has 0 radical (unpaired) electrons.